The van der Waals surface area contributed by atoms with E-state index in [4.69, 9.17) is 9.47 Å². The second-order valence-corrected chi connectivity index (χ2v) is 5.37. The van der Waals surface area contributed by atoms with E-state index >= 15 is 0 Å². The van der Waals surface area contributed by atoms with Crippen molar-refractivity contribution in [3.63, 3.8) is 0 Å². The minimum Gasteiger partial charge on any atom is -0.497 e. The molecule has 0 aliphatic carbocycles. The fourth-order valence-corrected chi connectivity index (χ4v) is 2.33. The van der Waals surface area contributed by atoms with Crippen LogP contribution in [0.15, 0.2) is 41.8 Å². The van der Waals surface area contributed by atoms with Gasteiger partial charge in [0.1, 0.15) is 11.5 Å². The average molecular weight is 332 g/mol. The van der Waals surface area contributed by atoms with Gasteiger partial charge in [-0.1, -0.05) is 6.07 Å². The van der Waals surface area contributed by atoms with E-state index in [0.29, 0.717) is 17.1 Å². The zero-order chi connectivity index (χ0) is 16.7. The van der Waals surface area contributed by atoms with Crippen molar-refractivity contribution in [1.29, 1.82) is 0 Å². The number of carbonyl (C=O) groups excluding carboxylic acids is 2. The number of benzene rings is 1. The molecule has 2 aromatic rings. The molecule has 120 valence electrons. The van der Waals surface area contributed by atoms with Gasteiger partial charge in [0.25, 0.3) is 11.8 Å². The first-order chi connectivity index (χ1) is 11.1. The highest BCUT2D eigenvalue weighted by Gasteiger charge is 2.10. The third-order valence-corrected chi connectivity index (χ3v) is 3.69. The molecule has 0 saturated heterocycles. The molecule has 0 radical (unpaired) electrons. The Hall–Kier alpha value is -2.80. The smallest absolute Gasteiger partial charge is 0.269 e. The van der Waals surface area contributed by atoms with E-state index < -0.39 is 11.8 Å². The van der Waals surface area contributed by atoms with Crippen LogP contribution in [0.5, 0.6) is 11.5 Å². The van der Waals surface area contributed by atoms with Gasteiger partial charge in [-0.3, -0.25) is 20.4 Å². The molecule has 0 unspecified atom stereocenters. The molecule has 1 aromatic heterocycles. The predicted octanol–water partition coefficient (Wildman–Crippen LogP) is 2.24. The number of hydrogen-bond donors (Lipinski definition) is 2. The molecule has 1 heterocycles. The fraction of sp³-hybridized carbons (Fsp3) is 0.125. The molecule has 6 nitrogen and oxygen atoms in total. The van der Waals surface area contributed by atoms with Crippen LogP contribution in [0, 0.1) is 0 Å². The van der Waals surface area contributed by atoms with Crippen molar-refractivity contribution in [1.82, 2.24) is 10.9 Å². The Balaban J connectivity index is 1.95. The molecular formula is C16H16N2O4S. The maximum Gasteiger partial charge on any atom is 0.269 e. The largest absolute Gasteiger partial charge is 0.497 e. The van der Waals surface area contributed by atoms with Gasteiger partial charge < -0.3 is 9.47 Å². The minimum atomic E-state index is -0.472. The molecule has 0 spiro atoms. The Labute approximate surface area is 137 Å². The lowest BCUT2D eigenvalue weighted by Gasteiger charge is -2.09. The lowest BCUT2D eigenvalue weighted by atomic mass is 10.2. The highest BCUT2D eigenvalue weighted by Crippen LogP contribution is 2.22. The number of methoxy groups -OCH3 is 2. The van der Waals surface area contributed by atoms with Crippen molar-refractivity contribution in [2.75, 3.05) is 14.2 Å². The van der Waals surface area contributed by atoms with E-state index in [9.17, 15) is 9.59 Å². The van der Waals surface area contributed by atoms with E-state index in [1.54, 1.807) is 24.3 Å². The summed E-state index contributed by atoms with van der Waals surface area (Å²) >= 11 is 1.51. The summed E-state index contributed by atoms with van der Waals surface area (Å²) in [5.41, 5.74) is 4.96. The number of rotatable bonds is 5. The van der Waals surface area contributed by atoms with Crippen molar-refractivity contribution in [3.05, 3.63) is 52.2 Å². The second-order valence-electron chi connectivity index (χ2n) is 4.39. The Morgan fingerprint density at radius 2 is 1.78 bits per heavy atom. The van der Waals surface area contributed by atoms with Gasteiger partial charge in [-0.2, -0.15) is 0 Å². The Morgan fingerprint density at radius 3 is 2.35 bits per heavy atom. The molecule has 2 N–H and O–H groups in total. The predicted molar refractivity (Wildman–Crippen MR) is 88.5 cm³/mol. The first kappa shape index (κ1) is 16.6. The normalized spacial score (nSPS) is 10.3. The summed E-state index contributed by atoms with van der Waals surface area (Å²) in [6.45, 7) is 0. The third kappa shape index (κ3) is 4.86. The molecule has 0 bridgehead atoms. The van der Waals surface area contributed by atoms with E-state index in [1.165, 1.54) is 31.6 Å². The first-order valence-electron chi connectivity index (χ1n) is 6.67. The molecule has 23 heavy (non-hydrogen) atoms. The van der Waals surface area contributed by atoms with Crippen molar-refractivity contribution in [2.24, 2.45) is 0 Å². The Bertz CT molecular complexity index is 689. The molecule has 0 aliphatic heterocycles. The van der Waals surface area contributed by atoms with Gasteiger partial charge in [0.05, 0.1) is 14.2 Å². The van der Waals surface area contributed by atoms with Gasteiger partial charge in [0, 0.05) is 22.6 Å². The maximum absolute atomic E-state index is 12.1. The zero-order valence-corrected chi connectivity index (χ0v) is 13.5. The Morgan fingerprint density at radius 1 is 1.09 bits per heavy atom. The monoisotopic (exact) mass is 332 g/mol. The molecule has 0 fully saturated rings. The maximum atomic E-state index is 12.1. The number of hydrazine groups is 1. The van der Waals surface area contributed by atoms with E-state index in [0.717, 1.165) is 4.88 Å². The van der Waals surface area contributed by atoms with E-state index in [1.807, 2.05) is 17.5 Å². The summed E-state index contributed by atoms with van der Waals surface area (Å²) < 4.78 is 10.2. The summed E-state index contributed by atoms with van der Waals surface area (Å²) in [5.74, 6) is 0.0681. The van der Waals surface area contributed by atoms with Gasteiger partial charge in [-0.25, -0.2) is 0 Å². The van der Waals surface area contributed by atoms with Crippen molar-refractivity contribution in [2.45, 2.75) is 0 Å². The molecular weight excluding hydrogens is 316 g/mol. The molecule has 7 heteroatoms. The van der Waals surface area contributed by atoms with Gasteiger partial charge in [-0.15, -0.1) is 11.3 Å². The SMILES string of the molecule is COc1cc(OC)cc(C(=O)NNC(=O)/C=C/c2cccs2)c1. The first-order valence-corrected chi connectivity index (χ1v) is 7.55. The van der Waals surface area contributed by atoms with Crippen molar-refractivity contribution < 1.29 is 19.1 Å². The number of thiophene rings is 1. The van der Waals surface area contributed by atoms with Crippen LogP contribution in [-0.4, -0.2) is 26.0 Å². The summed E-state index contributed by atoms with van der Waals surface area (Å²) in [7, 11) is 2.99. The molecule has 2 rings (SSSR count). The molecule has 0 saturated carbocycles. The highest BCUT2D eigenvalue weighted by molar-refractivity contribution is 7.10. The van der Waals surface area contributed by atoms with Crippen LogP contribution in [-0.2, 0) is 4.79 Å². The van der Waals surface area contributed by atoms with Crippen LogP contribution in [0.3, 0.4) is 0 Å². The molecule has 0 aliphatic rings. The Kier molecular flexibility index (Phi) is 5.76. The number of nitrogens with one attached hydrogen (secondary N) is 2. The number of amides is 2. The minimum absolute atomic E-state index is 0.309. The van der Waals surface area contributed by atoms with Crippen molar-refractivity contribution in [3.8, 4) is 11.5 Å². The standard InChI is InChI=1S/C16H16N2O4S/c1-21-12-8-11(9-13(10-12)22-2)16(20)18-17-15(19)6-5-14-4-3-7-23-14/h3-10H,1-2H3,(H,17,19)(H,18,20)/b6-5+. The zero-order valence-electron chi connectivity index (χ0n) is 12.7. The van der Waals surface area contributed by atoms with Crippen LogP contribution < -0.4 is 20.3 Å². The van der Waals surface area contributed by atoms with Gasteiger partial charge in [-0.05, 0) is 29.7 Å². The van der Waals surface area contributed by atoms with Crippen molar-refractivity contribution >= 4 is 29.2 Å². The van der Waals surface area contributed by atoms with Crippen LogP contribution in [0.2, 0.25) is 0 Å². The van der Waals surface area contributed by atoms with Crippen LogP contribution in [0.4, 0.5) is 0 Å². The fourth-order valence-electron chi connectivity index (χ4n) is 1.71. The van der Waals surface area contributed by atoms with Crippen LogP contribution in [0.25, 0.3) is 6.08 Å². The van der Waals surface area contributed by atoms with Crippen LogP contribution >= 0.6 is 11.3 Å². The number of ether oxygens (including phenoxy) is 2. The lowest BCUT2D eigenvalue weighted by molar-refractivity contribution is -0.117. The van der Waals surface area contributed by atoms with E-state index in [2.05, 4.69) is 10.9 Å². The molecule has 0 atom stereocenters. The molecule has 2 amide bonds. The summed E-state index contributed by atoms with van der Waals surface area (Å²) in [5, 5.41) is 1.91. The van der Waals surface area contributed by atoms with Gasteiger partial charge in [0.15, 0.2) is 0 Å². The summed E-state index contributed by atoms with van der Waals surface area (Å²) in [4.78, 5) is 24.7. The average Bonchev–Trinajstić information content (AvgIpc) is 3.10. The van der Waals surface area contributed by atoms with Crippen LogP contribution in [0.1, 0.15) is 15.2 Å². The van der Waals surface area contributed by atoms with Gasteiger partial charge >= 0.3 is 0 Å². The summed E-state index contributed by atoms with van der Waals surface area (Å²) in [6, 6.07) is 8.52. The van der Waals surface area contributed by atoms with E-state index in [-0.39, 0.29) is 0 Å². The quantitative estimate of drug-likeness (QED) is 0.650. The van der Waals surface area contributed by atoms with Gasteiger partial charge in [0.2, 0.25) is 0 Å². The highest BCUT2D eigenvalue weighted by atomic mass is 32.1. The second kappa shape index (κ2) is 8.00. The lowest BCUT2D eigenvalue weighted by Crippen LogP contribution is -2.40. The topological polar surface area (TPSA) is 76.7 Å². The third-order valence-electron chi connectivity index (χ3n) is 2.86. The number of hydrogen-bond acceptors (Lipinski definition) is 5. The number of carbonyl (C=O) groups is 2. The molecule has 1 aromatic carbocycles. The summed E-state index contributed by atoms with van der Waals surface area (Å²) in [6.07, 6.45) is 3.01.